The minimum atomic E-state index is -3.78. The van der Waals surface area contributed by atoms with Gasteiger partial charge in [-0.05, 0) is 36.1 Å². The summed E-state index contributed by atoms with van der Waals surface area (Å²) in [7, 11) is -1.11. The van der Waals surface area contributed by atoms with Crippen LogP contribution < -0.4 is 4.74 Å². The highest BCUT2D eigenvalue weighted by Gasteiger charge is 2.28. The molecule has 8 heteroatoms. The SMILES string of the molecule is COC(=O)c1sccc1S(=O)(=O)N(C)CCOc1cccc(C)c1. The average molecular weight is 369 g/mol. The molecule has 1 aromatic heterocycles. The number of carbonyl (C=O) groups excluding carboxylic acids is 1. The Hall–Kier alpha value is -1.90. The maximum Gasteiger partial charge on any atom is 0.349 e. The number of thiophene rings is 1. The Kier molecular flexibility index (Phi) is 5.98. The van der Waals surface area contributed by atoms with Gasteiger partial charge in [-0.25, -0.2) is 13.2 Å². The van der Waals surface area contributed by atoms with E-state index in [9.17, 15) is 13.2 Å². The lowest BCUT2D eigenvalue weighted by atomic mass is 10.2. The van der Waals surface area contributed by atoms with E-state index >= 15 is 0 Å². The Morgan fingerprint density at radius 2 is 2.04 bits per heavy atom. The summed E-state index contributed by atoms with van der Waals surface area (Å²) in [6.07, 6.45) is 0. The van der Waals surface area contributed by atoms with E-state index in [1.54, 1.807) is 5.38 Å². The zero-order chi connectivity index (χ0) is 17.7. The first kappa shape index (κ1) is 18.4. The number of hydrogen-bond donors (Lipinski definition) is 0. The van der Waals surface area contributed by atoms with Crippen molar-refractivity contribution in [2.75, 3.05) is 27.3 Å². The molecule has 1 aromatic carbocycles. The van der Waals surface area contributed by atoms with Crippen LogP contribution in [0, 0.1) is 6.92 Å². The Labute approximate surface area is 145 Å². The van der Waals surface area contributed by atoms with E-state index in [4.69, 9.17) is 4.74 Å². The molecule has 0 radical (unpaired) electrons. The number of aryl methyl sites for hydroxylation is 1. The lowest BCUT2D eigenvalue weighted by Gasteiger charge is -2.17. The van der Waals surface area contributed by atoms with Crippen LogP contribution in [0.25, 0.3) is 0 Å². The molecule has 1 heterocycles. The van der Waals surface area contributed by atoms with Gasteiger partial charge in [0.1, 0.15) is 22.1 Å². The molecule has 0 N–H and O–H groups in total. The number of ether oxygens (including phenoxy) is 2. The first-order valence-corrected chi connectivity index (χ1v) is 9.50. The van der Waals surface area contributed by atoms with E-state index in [-0.39, 0.29) is 22.9 Å². The van der Waals surface area contributed by atoms with Crippen LogP contribution in [-0.4, -0.2) is 46.0 Å². The molecule has 0 aliphatic carbocycles. The van der Waals surface area contributed by atoms with E-state index in [1.165, 1.54) is 20.2 Å². The van der Waals surface area contributed by atoms with Crippen LogP contribution in [0.15, 0.2) is 40.6 Å². The van der Waals surface area contributed by atoms with Crippen molar-refractivity contribution in [3.8, 4) is 5.75 Å². The molecule has 0 amide bonds. The standard InChI is InChI=1S/C16H19NO5S2/c1-12-5-4-6-13(11-12)22-9-8-17(2)24(19,20)14-7-10-23-15(14)16(18)21-3/h4-7,10-11H,8-9H2,1-3H3. The molecule has 24 heavy (non-hydrogen) atoms. The average Bonchev–Trinajstić information content (AvgIpc) is 3.04. The third-order valence-electron chi connectivity index (χ3n) is 3.35. The van der Waals surface area contributed by atoms with Gasteiger partial charge in [-0.2, -0.15) is 4.31 Å². The molecule has 0 spiro atoms. The molecule has 0 atom stereocenters. The number of hydrogen-bond acceptors (Lipinski definition) is 6. The Bertz CT molecular complexity index is 813. The summed E-state index contributed by atoms with van der Waals surface area (Å²) in [5.74, 6) is 0.0274. The first-order valence-electron chi connectivity index (χ1n) is 7.18. The van der Waals surface area contributed by atoms with Gasteiger partial charge in [0, 0.05) is 13.6 Å². The van der Waals surface area contributed by atoms with Crippen LogP contribution in [0.3, 0.4) is 0 Å². The highest BCUT2D eigenvalue weighted by Crippen LogP contribution is 2.25. The Balaban J connectivity index is 2.04. The minimum absolute atomic E-state index is 0.0441. The molecule has 2 aromatic rings. The van der Waals surface area contributed by atoms with Gasteiger partial charge in [-0.15, -0.1) is 11.3 Å². The molecular weight excluding hydrogens is 350 g/mol. The highest BCUT2D eigenvalue weighted by atomic mass is 32.2. The molecule has 6 nitrogen and oxygen atoms in total. The molecule has 130 valence electrons. The minimum Gasteiger partial charge on any atom is -0.492 e. The number of rotatable bonds is 7. The zero-order valence-corrected chi connectivity index (χ0v) is 15.3. The smallest absolute Gasteiger partial charge is 0.349 e. The molecule has 0 saturated heterocycles. The largest absolute Gasteiger partial charge is 0.492 e. The van der Waals surface area contributed by atoms with Crippen LogP contribution in [0.2, 0.25) is 0 Å². The number of benzene rings is 1. The van der Waals surface area contributed by atoms with Crippen molar-refractivity contribution in [2.45, 2.75) is 11.8 Å². The van der Waals surface area contributed by atoms with Crippen molar-refractivity contribution >= 4 is 27.3 Å². The molecule has 0 saturated carbocycles. The molecule has 0 aliphatic heterocycles. The number of likely N-dealkylation sites (N-methyl/N-ethyl adjacent to an activating group) is 1. The molecular formula is C16H19NO5S2. The summed E-state index contributed by atoms with van der Waals surface area (Å²) >= 11 is 1.04. The van der Waals surface area contributed by atoms with E-state index in [0.29, 0.717) is 5.75 Å². The van der Waals surface area contributed by atoms with Crippen LogP contribution in [0.5, 0.6) is 5.75 Å². The van der Waals surface area contributed by atoms with Crippen molar-refractivity contribution in [3.05, 3.63) is 46.2 Å². The van der Waals surface area contributed by atoms with E-state index in [0.717, 1.165) is 21.2 Å². The van der Waals surface area contributed by atoms with Crippen molar-refractivity contribution in [2.24, 2.45) is 0 Å². The predicted octanol–water partition coefficient (Wildman–Crippen LogP) is 2.54. The third kappa shape index (κ3) is 4.14. The van der Waals surface area contributed by atoms with Gasteiger partial charge >= 0.3 is 5.97 Å². The molecule has 0 aliphatic rings. The second-order valence-electron chi connectivity index (χ2n) is 5.10. The molecule has 0 fully saturated rings. The quantitative estimate of drug-likeness (QED) is 0.701. The Morgan fingerprint density at radius 1 is 1.29 bits per heavy atom. The highest BCUT2D eigenvalue weighted by molar-refractivity contribution is 7.89. The number of methoxy groups -OCH3 is 1. The summed E-state index contributed by atoms with van der Waals surface area (Å²) in [4.78, 5) is 11.7. The fourth-order valence-electron chi connectivity index (χ4n) is 2.03. The summed E-state index contributed by atoms with van der Waals surface area (Å²) in [5, 5.41) is 1.55. The van der Waals surface area contributed by atoms with Gasteiger partial charge < -0.3 is 9.47 Å². The lowest BCUT2D eigenvalue weighted by Crippen LogP contribution is -2.31. The summed E-state index contributed by atoms with van der Waals surface area (Å²) < 4.78 is 36.6. The topological polar surface area (TPSA) is 72.9 Å². The number of esters is 1. The number of carbonyl (C=O) groups is 1. The zero-order valence-electron chi connectivity index (χ0n) is 13.7. The van der Waals surface area contributed by atoms with Gasteiger partial charge in [0.05, 0.1) is 7.11 Å². The van der Waals surface area contributed by atoms with Crippen LogP contribution >= 0.6 is 11.3 Å². The van der Waals surface area contributed by atoms with Crippen molar-refractivity contribution in [1.29, 1.82) is 0 Å². The maximum absolute atomic E-state index is 12.6. The maximum atomic E-state index is 12.6. The number of nitrogens with zero attached hydrogens (tertiary/aromatic N) is 1. The normalized spacial score (nSPS) is 11.5. The van der Waals surface area contributed by atoms with Crippen LogP contribution in [-0.2, 0) is 14.8 Å². The van der Waals surface area contributed by atoms with Gasteiger partial charge in [0.2, 0.25) is 10.0 Å². The summed E-state index contributed by atoms with van der Waals surface area (Å²) in [6, 6.07) is 8.93. The monoisotopic (exact) mass is 369 g/mol. The second kappa shape index (κ2) is 7.78. The van der Waals surface area contributed by atoms with E-state index in [1.807, 2.05) is 31.2 Å². The fourth-order valence-corrected chi connectivity index (χ4v) is 4.49. The van der Waals surface area contributed by atoms with Gasteiger partial charge in [-0.1, -0.05) is 12.1 Å². The molecule has 0 unspecified atom stereocenters. The fraction of sp³-hybridized carbons (Fsp3) is 0.312. The van der Waals surface area contributed by atoms with Crippen molar-refractivity contribution < 1.29 is 22.7 Å². The number of sulfonamides is 1. The van der Waals surface area contributed by atoms with E-state index < -0.39 is 16.0 Å². The summed E-state index contributed by atoms with van der Waals surface area (Å²) in [6.45, 7) is 2.32. The molecule has 0 bridgehead atoms. The first-order chi connectivity index (χ1) is 11.4. The molecule has 2 rings (SSSR count). The van der Waals surface area contributed by atoms with E-state index in [2.05, 4.69) is 4.74 Å². The van der Waals surface area contributed by atoms with Crippen LogP contribution in [0.4, 0.5) is 0 Å². The van der Waals surface area contributed by atoms with Crippen molar-refractivity contribution in [1.82, 2.24) is 4.31 Å². The van der Waals surface area contributed by atoms with Gasteiger partial charge in [0.25, 0.3) is 0 Å². The summed E-state index contributed by atoms with van der Waals surface area (Å²) in [5.41, 5.74) is 1.06. The van der Waals surface area contributed by atoms with Gasteiger partial charge in [-0.3, -0.25) is 0 Å². The van der Waals surface area contributed by atoms with Crippen LogP contribution in [0.1, 0.15) is 15.2 Å². The second-order valence-corrected chi connectivity index (χ2v) is 8.03. The van der Waals surface area contributed by atoms with Gasteiger partial charge in [0.15, 0.2) is 0 Å². The van der Waals surface area contributed by atoms with Crippen molar-refractivity contribution in [3.63, 3.8) is 0 Å². The predicted molar refractivity (Wildman–Crippen MR) is 92.1 cm³/mol. The lowest BCUT2D eigenvalue weighted by molar-refractivity contribution is 0.0602. The third-order valence-corrected chi connectivity index (χ3v) is 6.28. The Morgan fingerprint density at radius 3 is 2.71 bits per heavy atom.